The van der Waals surface area contributed by atoms with E-state index in [0.29, 0.717) is 21.4 Å². The predicted molar refractivity (Wildman–Crippen MR) is 95.8 cm³/mol. The summed E-state index contributed by atoms with van der Waals surface area (Å²) in [7, 11) is 0. The second kappa shape index (κ2) is 8.20. The molecule has 0 heterocycles. The highest BCUT2D eigenvalue weighted by Crippen LogP contribution is 2.25. The zero-order valence-corrected chi connectivity index (χ0v) is 14.1. The molecule has 0 atom stereocenters. The highest BCUT2D eigenvalue weighted by atomic mass is 35.5. The number of nitrogens with one attached hydrogen (secondary N) is 2. The van der Waals surface area contributed by atoms with E-state index in [1.807, 2.05) is 0 Å². The van der Waals surface area contributed by atoms with Crippen molar-refractivity contribution in [3.63, 3.8) is 0 Å². The van der Waals surface area contributed by atoms with Gasteiger partial charge < -0.3 is 15.7 Å². The third kappa shape index (κ3) is 4.98. The van der Waals surface area contributed by atoms with Crippen LogP contribution in [0.15, 0.2) is 54.2 Å². The van der Waals surface area contributed by atoms with Crippen LogP contribution in [0.4, 0.5) is 11.4 Å². The van der Waals surface area contributed by atoms with Crippen molar-refractivity contribution in [2.75, 3.05) is 10.6 Å². The van der Waals surface area contributed by atoms with Crippen molar-refractivity contribution in [2.45, 2.75) is 0 Å². The van der Waals surface area contributed by atoms with Gasteiger partial charge in [0.15, 0.2) is 0 Å². The Hall–Kier alpha value is -3.01. The summed E-state index contributed by atoms with van der Waals surface area (Å²) in [6.45, 7) is 0. The van der Waals surface area contributed by atoms with Crippen LogP contribution < -0.4 is 10.6 Å². The summed E-state index contributed by atoms with van der Waals surface area (Å²) in [5, 5.41) is 24.0. The van der Waals surface area contributed by atoms with Crippen LogP contribution in [0.2, 0.25) is 10.0 Å². The Balaban J connectivity index is 2.08. The quantitative estimate of drug-likeness (QED) is 0.538. The minimum atomic E-state index is -1.07. The number of anilines is 2. The molecule has 8 heteroatoms. The van der Waals surface area contributed by atoms with E-state index in [1.54, 1.807) is 24.3 Å². The molecule has 0 fully saturated rings. The van der Waals surface area contributed by atoms with Gasteiger partial charge in [-0.15, -0.1) is 0 Å². The van der Waals surface area contributed by atoms with Gasteiger partial charge in [0.05, 0.1) is 15.6 Å². The van der Waals surface area contributed by atoms with Crippen LogP contribution in [0.3, 0.4) is 0 Å². The fourth-order valence-electron chi connectivity index (χ4n) is 1.78. The van der Waals surface area contributed by atoms with E-state index >= 15 is 0 Å². The van der Waals surface area contributed by atoms with E-state index in [1.165, 1.54) is 30.5 Å². The van der Waals surface area contributed by atoms with E-state index < -0.39 is 11.9 Å². The van der Waals surface area contributed by atoms with Crippen molar-refractivity contribution in [3.8, 4) is 6.07 Å². The summed E-state index contributed by atoms with van der Waals surface area (Å²) >= 11 is 11.7. The van der Waals surface area contributed by atoms with Gasteiger partial charge in [0.25, 0.3) is 5.91 Å². The highest BCUT2D eigenvalue weighted by molar-refractivity contribution is 6.42. The largest absolute Gasteiger partial charge is 0.478 e. The number of aromatic carboxylic acids is 1. The predicted octanol–water partition coefficient (Wildman–Crippen LogP) is 4.15. The lowest BCUT2D eigenvalue weighted by Gasteiger charge is -2.06. The Kier molecular flexibility index (Phi) is 6.01. The molecule has 0 aliphatic carbocycles. The Morgan fingerprint density at radius 2 is 1.68 bits per heavy atom. The minimum Gasteiger partial charge on any atom is -0.478 e. The lowest BCUT2D eigenvalue weighted by Crippen LogP contribution is -2.14. The van der Waals surface area contributed by atoms with E-state index in [0.717, 1.165) is 0 Å². The summed E-state index contributed by atoms with van der Waals surface area (Å²) in [6.07, 6.45) is 1.24. The number of hydrogen-bond acceptors (Lipinski definition) is 4. The maximum Gasteiger partial charge on any atom is 0.335 e. The first-order valence-electron chi connectivity index (χ1n) is 6.87. The molecule has 0 spiro atoms. The van der Waals surface area contributed by atoms with Gasteiger partial charge in [-0.3, -0.25) is 4.79 Å². The van der Waals surface area contributed by atoms with E-state index in [2.05, 4.69) is 10.6 Å². The Morgan fingerprint density at radius 3 is 2.24 bits per heavy atom. The number of benzene rings is 2. The molecule has 0 saturated heterocycles. The normalized spacial score (nSPS) is 10.7. The lowest BCUT2D eigenvalue weighted by molar-refractivity contribution is -0.112. The van der Waals surface area contributed by atoms with Gasteiger partial charge in [0.1, 0.15) is 11.6 Å². The van der Waals surface area contributed by atoms with E-state index in [9.17, 15) is 9.59 Å². The molecule has 1 amide bonds. The lowest BCUT2D eigenvalue weighted by atomic mass is 10.2. The van der Waals surface area contributed by atoms with Crippen LogP contribution in [-0.2, 0) is 4.79 Å². The van der Waals surface area contributed by atoms with Crippen LogP contribution in [0.5, 0.6) is 0 Å². The molecule has 0 aromatic heterocycles. The number of rotatable bonds is 5. The molecule has 2 aromatic carbocycles. The van der Waals surface area contributed by atoms with Gasteiger partial charge in [0, 0.05) is 17.6 Å². The van der Waals surface area contributed by atoms with E-state index in [4.69, 9.17) is 33.6 Å². The molecule has 6 nitrogen and oxygen atoms in total. The van der Waals surface area contributed by atoms with Crippen LogP contribution in [0, 0.1) is 11.3 Å². The van der Waals surface area contributed by atoms with Crippen molar-refractivity contribution >= 4 is 46.5 Å². The van der Waals surface area contributed by atoms with Crippen LogP contribution in [0.1, 0.15) is 10.4 Å². The Morgan fingerprint density at radius 1 is 1.04 bits per heavy atom. The number of carboxylic acids is 1. The average molecular weight is 376 g/mol. The summed E-state index contributed by atoms with van der Waals surface area (Å²) < 4.78 is 0. The van der Waals surface area contributed by atoms with Crippen molar-refractivity contribution in [3.05, 3.63) is 69.8 Å². The molecule has 3 N–H and O–H groups in total. The van der Waals surface area contributed by atoms with Crippen LogP contribution in [0.25, 0.3) is 0 Å². The van der Waals surface area contributed by atoms with Crippen molar-refractivity contribution in [1.29, 1.82) is 5.26 Å². The number of halogens is 2. The zero-order valence-electron chi connectivity index (χ0n) is 12.6. The molecular weight excluding hydrogens is 365 g/mol. The highest BCUT2D eigenvalue weighted by Gasteiger charge is 2.10. The molecule has 0 saturated carbocycles. The van der Waals surface area contributed by atoms with Crippen molar-refractivity contribution in [1.82, 2.24) is 0 Å². The molecule has 2 aromatic rings. The maximum absolute atomic E-state index is 12.1. The second-order valence-corrected chi connectivity index (χ2v) is 5.59. The summed E-state index contributed by atoms with van der Waals surface area (Å²) in [6, 6.07) is 12.1. The smallest absolute Gasteiger partial charge is 0.335 e. The van der Waals surface area contributed by atoms with Gasteiger partial charge in [-0.25, -0.2) is 4.79 Å². The summed E-state index contributed by atoms with van der Waals surface area (Å²) in [5.41, 5.74) is 0.843. The van der Waals surface area contributed by atoms with Gasteiger partial charge in [-0.2, -0.15) is 5.26 Å². The molecular formula is C17H11Cl2N3O3. The fraction of sp³-hybridized carbons (Fsp3) is 0. The van der Waals surface area contributed by atoms with Gasteiger partial charge in [-0.1, -0.05) is 23.2 Å². The molecule has 0 bridgehead atoms. The number of carboxylic acid groups (broad SMARTS) is 1. The molecule has 2 rings (SSSR count). The number of carbonyl (C=O) groups excluding carboxylic acids is 1. The van der Waals surface area contributed by atoms with Crippen molar-refractivity contribution < 1.29 is 14.7 Å². The third-order valence-electron chi connectivity index (χ3n) is 3.06. The first kappa shape index (κ1) is 18.3. The van der Waals surface area contributed by atoms with Gasteiger partial charge in [-0.05, 0) is 42.5 Å². The zero-order chi connectivity index (χ0) is 18.4. The molecule has 0 radical (unpaired) electrons. The molecule has 0 aliphatic heterocycles. The minimum absolute atomic E-state index is 0.0929. The first-order chi connectivity index (χ1) is 11.9. The van der Waals surface area contributed by atoms with E-state index in [-0.39, 0.29) is 11.1 Å². The molecule has 126 valence electrons. The Labute approximate surface area is 153 Å². The standard InChI is InChI=1S/C17H11Cl2N3O3/c18-14-6-5-13(7-15(14)19)21-9-11(8-20)16(23)22-12-3-1-10(2-4-12)17(24)25/h1-7,9,21H,(H,22,23)(H,24,25)/b11-9-. The molecule has 25 heavy (non-hydrogen) atoms. The van der Waals surface area contributed by atoms with Gasteiger partial charge in [0.2, 0.25) is 0 Å². The monoisotopic (exact) mass is 375 g/mol. The summed E-state index contributed by atoms with van der Waals surface area (Å²) in [4.78, 5) is 22.9. The number of nitriles is 1. The second-order valence-electron chi connectivity index (χ2n) is 4.78. The maximum atomic E-state index is 12.1. The average Bonchev–Trinajstić information content (AvgIpc) is 2.59. The first-order valence-corrected chi connectivity index (χ1v) is 7.63. The summed E-state index contributed by atoms with van der Waals surface area (Å²) in [5.74, 6) is -1.71. The Bertz CT molecular complexity index is 887. The fourth-order valence-corrected chi connectivity index (χ4v) is 2.08. The third-order valence-corrected chi connectivity index (χ3v) is 3.80. The van der Waals surface area contributed by atoms with Crippen LogP contribution >= 0.6 is 23.2 Å². The SMILES string of the molecule is N#C/C(=C/Nc1ccc(Cl)c(Cl)c1)C(=O)Nc1ccc(C(=O)O)cc1. The van der Waals surface area contributed by atoms with Gasteiger partial charge >= 0.3 is 5.97 Å². The topological polar surface area (TPSA) is 102 Å². The molecule has 0 unspecified atom stereocenters. The molecule has 0 aliphatic rings. The number of nitrogens with zero attached hydrogens (tertiary/aromatic N) is 1. The number of amides is 1. The van der Waals surface area contributed by atoms with Crippen molar-refractivity contribution in [2.24, 2.45) is 0 Å². The van der Waals surface area contributed by atoms with Crippen LogP contribution in [-0.4, -0.2) is 17.0 Å². The number of hydrogen-bond donors (Lipinski definition) is 3. The number of carbonyl (C=O) groups is 2.